The van der Waals surface area contributed by atoms with Crippen molar-refractivity contribution in [1.29, 1.82) is 0 Å². The Morgan fingerprint density at radius 1 is 0.889 bits per heavy atom. The summed E-state index contributed by atoms with van der Waals surface area (Å²) in [5, 5.41) is 11.5. The Balaban J connectivity index is 1.37. The van der Waals surface area contributed by atoms with Crippen molar-refractivity contribution in [2.75, 3.05) is 46.0 Å². The first kappa shape index (κ1) is 32.3. The molecule has 0 saturated carbocycles. The fourth-order valence-corrected chi connectivity index (χ4v) is 5.87. The zero-order chi connectivity index (χ0) is 31.6. The molecular weight excluding hydrogens is 568 g/mol. The van der Waals surface area contributed by atoms with Gasteiger partial charge in [0.15, 0.2) is 0 Å². The van der Waals surface area contributed by atoms with E-state index >= 15 is 0 Å². The SMILES string of the molecule is CCCCCOc1ccc(C2/C(=C(\O)c3ccc(OCc4cccc(C)c4)cc3)C(=O)C(=O)N2CCCN2CCOCC2)cc1. The lowest BCUT2D eigenvalue weighted by Crippen LogP contribution is -2.38. The van der Waals surface area contributed by atoms with Crippen LogP contribution in [0.4, 0.5) is 0 Å². The Bertz CT molecular complexity index is 1460. The number of aliphatic hydroxyl groups is 1. The van der Waals surface area contributed by atoms with Gasteiger partial charge in [-0.25, -0.2) is 0 Å². The largest absolute Gasteiger partial charge is 0.507 e. The molecule has 2 heterocycles. The molecule has 2 saturated heterocycles. The molecule has 0 aliphatic carbocycles. The summed E-state index contributed by atoms with van der Waals surface area (Å²) in [6.45, 7) is 9.55. The van der Waals surface area contributed by atoms with Crippen LogP contribution in [0.2, 0.25) is 0 Å². The van der Waals surface area contributed by atoms with Crippen LogP contribution in [0.5, 0.6) is 11.5 Å². The van der Waals surface area contributed by atoms with Crippen molar-refractivity contribution in [2.24, 2.45) is 0 Å². The van der Waals surface area contributed by atoms with E-state index in [9.17, 15) is 14.7 Å². The molecule has 3 aromatic rings. The Morgan fingerprint density at radius 2 is 1.60 bits per heavy atom. The van der Waals surface area contributed by atoms with Crippen LogP contribution in [0.1, 0.15) is 60.9 Å². The number of rotatable bonds is 14. The molecule has 1 amide bonds. The molecule has 0 bridgehead atoms. The Hall–Kier alpha value is -4.14. The number of likely N-dealkylation sites (tertiary alicyclic amines) is 1. The average molecular weight is 613 g/mol. The second kappa shape index (κ2) is 15.7. The first-order valence-corrected chi connectivity index (χ1v) is 16.0. The van der Waals surface area contributed by atoms with Crippen LogP contribution in [0.25, 0.3) is 5.76 Å². The average Bonchev–Trinajstić information content (AvgIpc) is 3.31. The van der Waals surface area contributed by atoms with Crippen molar-refractivity contribution in [3.8, 4) is 11.5 Å². The van der Waals surface area contributed by atoms with Crippen LogP contribution in [0, 0.1) is 6.92 Å². The summed E-state index contributed by atoms with van der Waals surface area (Å²) in [6.07, 6.45) is 3.92. The maximum absolute atomic E-state index is 13.5. The van der Waals surface area contributed by atoms with E-state index < -0.39 is 17.7 Å². The minimum Gasteiger partial charge on any atom is -0.507 e. The van der Waals surface area contributed by atoms with Crippen LogP contribution in [0.15, 0.2) is 78.4 Å². The number of ketones is 1. The standard InChI is InChI=1S/C37H44N2O6/c1-3-4-5-22-44-31-14-10-29(11-15-31)34-33(36(41)37(42)39(34)19-7-18-38-20-23-43-24-21-38)35(40)30-12-16-32(17-13-30)45-26-28-9-6-8-27(2)25-28/h6,8-17,25,34,40H,3-5,7,18-24,26H2,1-2H3/b35-33+. The van der Waals surface area contributed by atoms with Gasteiger partial charge < -0.3 is 24.2 Å². The summed E-state index contributed by atoms with van der Waals surface area (Å²) < 4.78 is 17.3. The number of aliphatic hydroxyl groups excluding tert-OH is 1. The van der Waals surface area contributed by atoms with E-state index in [1.165, 1.54) is 0 Å². The Kier molecular flexibility index (Phi) is 11.3. The predicted octanol–water partition coefficient (Wildman–Crippen LogP) is 6.29. The third kappa shape index (κ3) is 8.32. The molecule has 2 aliphatic heterocycles. The van der Waals surface area contributed by atoms with Crippen LogP contribution >= 0.6 is 0 Å². The van der Waals surface area contributed by atoms with Crippen molar-refractivity contribution in [2.45, 2.75) is 52.2 Å². The van der Waals surface area contributed by atoms with Gasteiger partial charge in [0.05, 0.1) is 31.4 Å². The minimum absolute atomic E-state index is 0.0939. The molecule has 2 aliphatic rings. The second-order valence-electron chi connectivity index (χ2n) is 11.7. The van der Waals surface area contributed by atoms with Crippen molar-refractivity contribution >= 4 is 17.4 Å². The van der Waals surface area contributed by atoms with Gasteiger partial charge in [0.25, 0.3) is 11.7 Å². The maximum Gasteiger partial charge on any atom is 0.295 e. The normalized spacial score (nSPS) is 18.4. The Labute approximate surface area is 266 Å². The number of nitrogens with zero attached hydrogens (tertiary/aromatic N) is 2. The molecule has 0 aromatic heterocycles. The lowest BCUT2D eigenvalue weighted by Gasteiger charge is -2.29. The van der Waals surface area contributed by atoms with E-state index in [1.807, 2.05) is 49.4 Å². The van der Waals surface area contributed by atoms with Gasteiger partial charge in [0.2, 0.25) is 0 Å². The smallest absolute Gasteiger partial charge is 0.295 e. The second-order valence-corrected chi connectivity index (χ2v) is 11.7. The molecule has 0 radical (unpaired) electrons. The number of hydrogen-bond donors (Lipinski definition) is 1. The number of unbranched alkanes of at least 4 members (excludes halogenated alkanes) is 2. The maximum atomic E-state index is 13.5. The number of morpholine rings is 1. The van der Waals surface area contributed by atoms with Crippen LogP contribution in [-0.2, 0) is 20.9 Å². The van der Waals surface area contributed by atoms with E-state index in [0.717, 1.165) is 61.3 Å². The summed E-state index contributed by atoms with van der Waals surface area (Å²) in [5.41, 5.74) is 3.52. The predicted molar refractivity (Wildman–Crippen MR) is 174 cm³/mol. The number of ether oxygens (including phenoxy) is 3. The molecule has 1 atom stereocenters. The van der Waals surface area contributed by atoms with Gasteiger partial charge in [-0.15, -0.1) is 0 Å². The first-order valence-electron chi connectivity index (χ1n) is 16.0. The van der Waals surface area contributed by atoms with E-state index in [1.54, 1.807) is 29.2 Å². The van der Waals surface area contributed by atoms with Crippen molar-refractivity contribution in [3.05, 3.63) is 101 Å². The number of amides is 1. The zero-order valence-electron chi connectivity index (χ0n) is 26.4. The van der Waals surface area contributed by atoms with Gasteiger partial charge in [-0.05, 0) is 67.3 Å². The van der Waals surface area contributed by atoms with Crippen molar-refractivity contribution in [3.63, 3.8) is 0 Å². The highest BCUT2D eigenvalue weighted by molar-refractivity contribution is 6.46. The number of benzene rings is 3. The van der Waals surface area contributed by atoms with Crippen molar-refractivity contribution < 1.29 is 28.9 Å². The highest BCUT2D eigenvalue weighted by atomic mass is 16.5. The fourth-order valence-electron chi connectivity index (χ4n) is 5.87. The molecule has 1 unspecified atom stereocenters. The molecule has 0 spiro atoms. The van der Waals surface area contributed by atoms with E-state index in [2.05, 4.69) is 17.9 Å². The lowest BCUT2D eigenvalue weighted by atomic mass is 9.95. The molecule has 238 valence electrons. The number of aryl methyl sites for hydroxylation is 1. The highest BCUT2D eigenvalue weighted by Gasteiger charge is 2.45. The van der Waals surface area contributed by atoms with Crippen LogP contribution < -0.4 is 9.47 Å². The van der Waals surface area contributed by atoms with Gasteiger partial charge in [-0.1, -0.05) is 61.7 Å². The summed E-state index contributed by atoms with van der Waals surface area (Å²) in [5.74, 6) is -0.0905. The van der Waals surface area contributed by atoms with Crippen LogP contribution in [-0.4, -0.2) is 72.6 Å². The summed E-state index contributed by atoms with van der Waals surface area (Å²) in [4.78, 5) is 30.9. The topological polar surface area (TPSA) is 88.5 Å². The van der Waals surface area contributed by atoms with Crippen molar-refractivity contribution in [1.82, 2.24) is 9.80 Å². The number of carbonyl (C=O) groups is 2. The zero-order valence-corrected chi connectivity index (χ0v) is 26.4. The van der Waals surface area contributed by atoms with Gasteiger partial charge in [0.1, 0.15) is 23.9 Å². The minimum atomic E-state index is -0.707. The third-order valence-electron chi connectivity index (χ3n) is 8.35. The van der Waals surface area contributed by atoms with Gasteiger partial charge in [0, 0.05) is 31.7 Å². The molecular formula is C37H44N2O6. The third-order valence-corrected chi connectivity index (χ3v) is 8.35. The van der Waals surface area contributed by atoms with E-state index in [-0.39, 0.29) is 11.3 Å². The molecule has 45 heavy (non-hydrogen) atoms. The molecule has 8 heteroatoms. The van der Waals surface area contributed by atoms with E-state index in [0.29, 0.717) is 50.7 Å². The molecule has 3 aromatic carbocycles. The van der Waals surface area contributed by atoms with Crippen LogP contribution in [0.3, 0.4) is 0 Å². The molecule has 2 fully saturated rings. The summed E-state index contributed by atoms with van der Waals surface area (Å²) >= 11 is 0. The Morgan fingerprint density at radius 3 is 2.31 bits per heavy atom. The highest BCUT2D eigenvalue weighted by Crippen LogP contribution is 2.40. The van der Waals surface area contributed by atoms with Gasteiger partial charge in [-0.3, -0.25) is 14.5 Å². The van der Waals surface area contributed by atoms with E-state index in [4.69, 9.17) is 14.2 Å². The number of Topliss-reactive ketones (excluding diaryl/α,β-unsaturated/α-hetero) is 1. The van der Waals surface area contributed by atoms with Gasteiger partial charge >= 0.3 is 0 Å². The molecule has 1 N–H and O–H groups in total. The lowest BCUT2D eigenvalue weighted by molar-refractivity contribution is -0.140. The monoisotopic (exact) mass is 612 g/mol. The summed E-state index contributed by atoms with van der Waals surface area (Å²) in [7, 11) is 0. The molecule has 5 rings (SSSR count). The quantitative estimate of drug-likeness (QED) is 0.0991. The first-order chi connectivity index (χ1) is 21.9. The number of hydrogen-bond acceptors (Lipinski definition) is 7. The molecule has 8 nitrogen and oxygen atoms in total. The van der Waals surface area contributed by atoms with Gasteiger partial charge in [-0.2, -0.15) is 0 Å². The fraction of sp³-hybridized carbons (Fsp3) is 0.405. The number of carbonyl (C=O) groups excluding carboxylic acids is 2. The summed E-state index contributed by atoms with van der Waals surface area (Å²) in [6, 6.07) is 21.9.